The highest BCUT2D eigenvalue weighted by atomic mass is 16.3. The van der Waals surface area contributed by atoms with Crippen LogP contribution in [0.5, 0.6) is 0 Å². The number of anilines is 1. The molecule has 1 aromatic rings. The molecule has 5 heteroatoms. The molecule has 0 amide bonds. The molecular formula is C10H14N4O. The molecule has 0 bridgehead atoms. The fraction of sp³-hybridized carbons (Fsp3) is 0.500. The molecule has 1 N–H and O–H groups in total. The van der Waals surface area contributed by atoms with E-state index in [1.54, 1.807) is 11.9 Å². The predicted molar refractivity (Wildman–Crippen MR) is 56.3 cm³/mol. The van der Waals surface area contributed by atoms with E-state index >= 15 is 0 Å². The highest BCUT2D eigenvalue weighted by Gasteiger charge is 2.25. The van der Waals surface area contributed by atoms with Crippen LogP contribution in [0, 0.1) is 11.3 Å². The zero-order valence-electron chi connectivity index (χ0n) is 9.10. The minimum absolute atomic E-state index is 0.0229. The third-order valence-corrected chi connectivity index (χ3v) is 2.40. The van der Waals surface area contributed by atoms with Crippen LogP contribution in [0.1, 0.15) is 19.5 Å². The molecule has 0 aliphatic carbocycles. The molecule has 15 heavy (non-hydrogen) atoms. The maximum Gasteiger partial charge on any atom is 0.183 e. The van der Waals surface area contributed by atoms with E-state index in [9.17, 15) is 5.11 Å². The largest absolute Gasteiger partial charge is 0.394 e. The second-order valence-electron chi connectivity index (χ2n) is 3.87. The molecule has 80 valence electrons. The molecule has 1 heterocycles. The van der Waals surface area contributed by atoms with Crippen LogP contribution in [0.15, 0.2) is 12.4 Å². The molecule has 0 saturated carbocycles. The lowest BCUT2D eigenvalue weighted by Crippen LogP contribution is -2.45. The van der Waals surface area contributed by atoms with Crippen LogP contribution in [-0.4, -0.2) is 34.3 Å². The minimum Gasteiger partial charge on any atom is -0.394 e. The summed E-state index contributed by atoms with van der Waals surface area (Å²) in [6, 6.07) is 1.98. The van der Waals surface area contributed by atoms with E-state index in [0.717, 1.165) is 0 Å². The first-order valence-corrected chi connectivity index (χ1v) is 4.58. The van der Waals surface area contributed by atoms with Gasteiger partial charge in [-0.05, 0) is 13.8 Å². The monoisotopic (exact) mass is 206 g/mol. The minimum atomic E-state index is -0.471. The molecule has 0 fully saturated rings. The molecule has 0 aliphatic heterocycles. The summed E-state index contributed by atoms with van der Waals surface area (Å²) in [6.07, 6.45) is 3.00. The molecule has 1 rings (SSSR count). The number of hydrogen-bond donors (Lipinski definition) is 1. The van der Waals surface area contributed by atoms with Crippen LogP contribution < -0.4 is 4.90 Å². The van der Waals surface area contributed by atoms with Gasteiger partial charge in [0.2, 0.25) is 0 Å². The van der Waals surface area contributed by atoms with Gasteiger partial charge in [-0.25, -0.2) is 9.97 Å². The van der Waals surface area contributed by atoms with Gasteiger partial charge in [0, 0.05) is 19.4 Å². The van der Waals surface area contributed by atoms with Crippen molar-refractivity contribution in [2.24, 2.45) is 0 Å². The summed E-state index contributed by atoms with van der Waals surface area (Å²) in [5.74, 6) is 0.485. The van der Waals surface area contributed by atoms with E-state index in [1.807, 2.05) is 19.9 Å². The number of aromatic nitrogens is 2. The molecule has 0 spiro atoms. The van der Waals surface area contributed by atoms with Crippen LogP contribution in [0.2, 0.25) is 0 Å². The van der Waals surface area contributed by atoms with Crippen molar-refractivity contribution < 1.29 is 5.11 Å². The van der Waals surface area contributed by atoms with Crippen molar-refractivity contribution in [3.05, 3.63) is 18.1 Å². The van der Waals surface area contributed by atoms with Gasteiger partial charge in [-0.2, -0.15) is 5.26 Å². The first-order chi connectivity index (χ1) is 7.03. The molecule has 0 unspecified atom stereocenters. The van der Waals surface area contributed by atoms with E-state index in [-0.39, 0.29) is 12.3 Å². The van der Waals surface area contributed by atoms with Crippen LogP contribution >= 0.6 is 0 Å². The normalized spacial score (nSPS) is 10.9. The third-order valence-electron chi connectivity index (χ3n) is 2.40. The van der Waals surface area contributed by atoms with Crippen LogP contribution in [0.4, 0.5) is 5.82 Å². The Labute approximate surface area is 89.0 Å². The van der Waals surface area contributed by atoms with Gasteiger partial charge in [0.25, 0.3) is 0 Å². The standard InChI is InChI=1S/C10H14N4O/c1-10(2,7-15)14(3)9-8(6-11)12-4-5-13-9/h4-5,15H,7H2,1-3H3. The number of aliphatic hydroxyl groups is 1. The van der Waals surface area contributed by atoms with Crippen molar-refractivity contribution in [3.8, 4) is 6.07 Å². The smallest absolute Gasteiger partial charge is 0.183 e. The van der Waals surface area contributed by atoms with Gasteiger partial charge in [0.1, 0.15) is 6.07 Å². The summed E-state index contributed by atoms with van der Waals surface area (Å²) in [5, 5.41) is 18.1. The molecule has 0 radical (unpaired) electrons. The van der Waals surface area contributed by atoms with Crippen LogP contribution in [-0.2, 0) is 0 Å². The van der Waals surface area contributed by atoms with Crippen LogP contribution in [0.3, 0.4) is 0 Å². The van der Waals surface area contributed by atoms with Crippen molar-refractivity contribution in [1.82, 2.24) is 9.97 Å². The lowest BCUT2D eigenvalue weighted by Gasteiger charge is -2.34. The summed E-state index contributed by atoms with van der Waals surface area (Å²) < 4.78 is 0. The highest BCUT2D eigenvalue weighted by Crippen LogP contribution is 2.21. The summed E-state index contributed by atoms with van der Waals surface area (Å²) in [6.45, 7) is 3.70. The Morgan fingerprint density at radius 2 is 2.07 bits per heavy atom. The van der Waals surface area contributed by atoms with E-state index < -0.39 is 5.54 Å². The summed E-state index contributed by atoms with van der Waals surface area (Å²) >= 11 is 0. The van der Waals surface area contributed by atoms with Gasteiger partial charge in [0.15, 0.2) is 11.5 Å². The van der Waals surface area contributed by atoms with Crippen molar-refractivity contribution in [3.63, 3.8) is 0 Å². The van der Waals surface area contributed by atoms with Crippen molar-refractivity contribution in [2.45, 2.75) is 19.4 Å². The van der Waals surface area contributed by atoms with Gasteiger partial charge >= 0.3 is 0 Å². The Morgan fingerprint density at radius 3 is 2.60 bits per heavy atom. The Bertz CT molecular complexity index is 383. The summed E-state index contributed by atoms with van der Waals surface area (Å²) in [5.41, 5.74) is -0.205. The maximum absolute atomic E-state index is 9.22. The fourth-order valence-electron chi connectivity index (χ4n) is 1.05. The molecule has 0 atom stereocenters. The number of likely N-dealkylation sites (N-methyl/N-ethyl adjacent to an activating group) is 1. The highest BCUT2D eigenvalue weighted by molar-refractivity contribution is 5.50. The van der Waals surface area contributed by atoms with Gasteiger partial charge in [-0.3, -0.25) is 0 Å². The van der Waals surface area contributed by atoms with Crippen LogP contribution in [0.25, 0.3) is 0 Å². The van der Waals surface area contributed by atoms with Gasteiger partial charge in [-0.15, -0.1) is 0 Å². The second-order valence-corrected chi connectivity index (χ2v) is 3.87. The Balaban J connectivity index is 3.12. The molecule has 0 aromatic carbocycles. The molecule has 0 aliphatic rings. The van der Waals surface area contributed by atoms with Crippen molar-refractivity contribution >= 4 is 5.82 Å². The third kappa shape index (κ3) is 2.22. The predicted octanol–water partition coefficient (Wildman–Crippen LogP) is 0.555. The van der Waals surface area contributed by atoms with E-state index in [0.29, 0.717) is 5.82 Å². The first-order valence-electron chi connectivity index (χ1n) is 4.58. The number of aliphatic hydroxyl groups excluding tert-OH is 1. The van der Waals surface area contributed by atoms with Crippen molar-refractivity contribution in [1.29, 1.82) is 5.26 Å². The molecule has 1 aromatic heterocycles. The van der Waals surface area contributed by atoms with E-state index in [4.69, 9.17) is 5.26 Å². The van der Waals surface area contributed by atoms with Crippen molar-refractivity contribution in [2.75, 3.05) is 18.6 Å². The average molecular weight is 206 g/mol. The Kier molecular flexibility index (Phi) is 3.22. The molecule has 5 nitrogen and oxygen atoms in total. The van der Waals surface area contributed by atoms with Gasteiger partial charge in [-0.1, -0.05) is 0 Å². The number of hydrogen-bond acceptors (Lipinski definition) is 5. The van der Waals surface area contributed by atoms with E-state index in [1.165, 1.54) is 12.4 Å². The summed E-state index contributed by atoms with van der Waals surface area (Å²) in [4.78, 5) is 9.76. The molecule has 0 saturated heterocycles. The Morgan fingerprint density at radius 1 is 1.47 bits per heavy atom. The first kappa shape index (κ1) is 11.4. The topological polar surface area (TPSA) is 73.0 Å². The summed E-state index contributed by atoms with van der Waals surface area (Å²) in [7, 11) is 1.78. The lowest BCUT2D eigenvalue weighted by molar-refractivity contribution is 0.215. The zero-order valence-corrected chi connectivity index (χ0v) is 9.10. The van der Waals surface area contributed by atoms with E-state index in [2.05, 4.69) is 9.97 Å². The number of nitrogens with zero attached hydrogens (tertiary/aromatic N) is 4. The maximum atomic E-state index is 9.22. The number of nitriles is 1. The van der Waals surface area contributed by atoms with Gasteiger partial charge in [0.05, 0.1) is 12.1 Å². The average Bonchev–Trinajstić information content (AvgIpc) is 2.28. The zero-order chi connectivity index (χ0) is 11.5. The quantitative estimate of drug-likeness (QED) is 0.782. The SMILES string of the molecule is CN(c1nccnc1C#N)C(C)(C)CO. The second kappa shape index (κ2) is 4.24. The fourth-order valence-corrected chi connectivity index (χ4v) is 1.05. The lowest BCUT2D eigenvalue weighted by atomic mass is 10.1. The Hall–Kier alpha value is -1.67. The number of rotatable bonds is 3. The van der Waals surface area contributed by atoms with Gasteiger partial charge < -0.3 is 10.0 Å². The molecular weight excluding hydrogens is 192 g/mol.